The molecule has 1 atom stereocenters. The average molecular weight is 217 g/mol. The monoisotopic (exact) mass is 217 g/mol. The Morgan fingerprint density at radius 1 is 1.29 bits per heavy atom. The van der Waals surface area contributed by atoms with Gasteiger partial charge in [-0.05, 0) is 33.2 Å². The quantitative estimate of drug-likeness (QED) is 0.496. The Labute approximate surface area is 89.1 Å². The van der Waals surface area contributed by atoms with Gasteiger partial charge in [-0.2, -0.15) is 0 Å². The van der Waals surface area contributed by atoms with Gasteiger partial charge in [-0.15, -0.1) is 0 Å². The molecule has 0 heterocycles. The summed E-state index contributed by atoms with van der Waals surface area (Å²) in [6, 6.07) is 1.14. The summed E-state index contributed by atoms with van der Waals surface area (Å²) in [7, 11) is -1.43. The van der Waals surface area contributed by atoms with Crippen molar-refractivity contribution in [3.63, 3.8) is 0 Å². The van der Waals surface area contributed by atoms with Gasteiger partial charge in [0.15, 0.2) is 0 Å². The minimum atomic E-state index is -1.43. The van der Waals surface area contributed by atoms with Gasteiger partial charge in [0.05, 0.1) is 0 Å². The van der Waals surface area contributed by atoms with E-state index in [2.05, 4.69) is 0 Å². The van der Waals surface area contributed by atoms with Crippen LogP contribution in [0.15, 0.2) is 12.2 Å². The van der Waals surface area contributed by atoms with Gasteiger partial charge < -0.3 is 14.6 Å². The van der Waals surface area contributed by atoms with Crippen molar-refractivity contribution in [3.8, 4) is 0 Å². The van der Waals surface area contributed by atoms with Gasteiger partial charge >= 0.3 is 9.28 Å². The number of rotatable bonds is 8. The molecule has 84 valence electrons. The molecule has 3 nitrogen and oxygen atoms in total. The summed E-state index contributed by atoms with van der Waals surface area (Å²) in [5.41, 5.74) is 5.85. The summed E-state index contributed by atoms with van der Waals surface area (Å²) >= 11 is 0. The fourth-order valence-electron chi connectivity index (χ4n) is 1.26. The van der Waals surface area contributed by atoms with E-state index in [0.29, 0.717) is 0 Å². The number of hydrogen-bond donors (Lipinski definition) is 1. The van der Waals surface area contributed by atoms with Gasteiger partial charge in [-0.1, -0.05) is 12.2 Å². The van der Waals surface area contributed by atoms with Crippen LogP contribution in [0.2, 0.25) is 6.04 Å². The van der Waals surface area contributed by atoms with Crippen LogP contribution in [0.25, 0.3) is 0 Å². The second kappa shape index (κ2) is 9.39. The Kier molecular flexibility index (Phi) is 9.28. The normalized spacial score (nSPS) is 14.1. The summed E-state index contributed by atoms with van der Waals surface area (Å²) in [5, 5.41) is 0. The van der Waals surface area contributed by atoms with Crippen LogP contribution in [0, 0.1) is 0 Å². The van der Waals surface area contributed by atoms with Crippen LogP contribution in [0.1, 0.15) is 27.2 Å². The standard InChI is InChI=1S/C10H23NO2Si/c1-4-7-10(11)8-9-14(12-5-2)13-6-3/h4,7,10,14H,5-6,8-9,11H2,1-3H3. The molecule has 0 spiro atoms. The summed E-state index contributed by atoms with van der Waals surface area (Å²) in [6.07, 6.45) is 4.97. The Bertz CT molecular complexity index is 147. The first-order valence-electron chi connectivity index (χ1n) is 5.36. The van der Waals surface area contributed by atoms with Crippen molar-refractivity contribution in [3.05, 3.63) is 12.2 Å². The highest BCUT2D eigenvalue weighted by molar-refractivity contribution is 6.44. The zero-order valence-electron chi connectivity index (χ0n) is 9.53. The second-order valence-electron chi connectivity index (χ2n) is 3.11. The molecule has 0 aliphatic rings. The van der Waals surface area contributed by atoms with Gasteiger partial charge in [-0.25, -0.2) is 0 Å². The lowest BCUT2D eigenvalue weighted by atomic mass is 10.2. The van der Waals surface area contributed by atoms with Gasteiger partial charge in [0, 0.05) is 19.3 Å². The van der Waals surface area contributed by atoms with Crippen molar-refractivity contribution < 1.29 is 8.85 Å². The minimum absolute atomic E-state index is 0.149. The summed E-state index contributed by atoms with van der Waals surface area (Å²) in [5.74, 6) is 0. The molecule has 0 radical (unpaired) electrons. The summed E-state index contributed by atoms with van der Waals surface area (Å²) in [4.78, 5) is 0. The highest BCUT2D eigenvalue weighted by Gasteiger charge is 2.12. The van der Waals surface area contributed by atoms with Crippen LogP contribution in [-0.4, -0.2) is 28.5 Å². The van der Waals surface area contributed by atoms with E-state index in [-0.39, 0.29) is 6.04 Å². The molecule has 0 aliphatic carbocycles. The van der Waals surface area contributed by atoms with Crippen molar-refractivity contribution in [1.29, 1.82) is 0 Å². The van der Waals surface area contributed by atoms with Crippen LogP contribution in [0.4, 0.5) is 0 Å². The maximum atomic E-state index is 5.85. The van der Waals surface area contributed by atoms with E-state index >= 15 is 0 Å². The third kappa shape index (κ3) is 7.26. The van der Waals surface area contributed by atoms with E-state index in [1.54, 1.807) is 0 Å². The summed E-state index contributed by atoms with van der Waals surface area (Å²) in [6.45, 7) is 7.49. The average Bonchev–Trinajstić information content (AvgIpc) is 2.15. The molecule has 0 saturated heterocycles. The molecular formula is C10H23NO2Si. The Morgan fingerprint density at radius 3 is 2.29 bits per heavy atom. The third-order valence-electron chi connectivity index (χ3n) is 1.88. The molecule has 14 heavy (non-hydrogen) atoms. The van der Waals surface area contributed by atoms with Crippen molar-refractivity contribution in [1.82, 2.24) is 0 Å². The van der Waals surface area contributed by atoms with Gasteiger partial charge in [0.1, 0.15) is 0 Å². The zero-order valence-corrected chi connectivity index (χ0v) is 10.7. The first-order valence-corrected chi connectivity index (χ1v) is 7.12. The maximum Gasteiger partial charge on any atom is 0.321 e. The largest absolute Gasteiger partial charge is 0.397 e. The molecule has 0 aromatic heterocycles. The molecule has 0 saturated carbocycles. The van der Waals surface area contributed by atoms with Crippen LogP contribution in [0.3, 0.4) is 0 Å². The lowest BCUT2D eigenvalue weighted by Gasteiger charge is -2.15. The van der Waals surface area contributed by atoms with Crippen molar-refractivity contribution in [2.45, 2.75) is 39.3 Å². The first kappa shape index (κ1) is 13.8. The van der Waals surface area contributed by atoms with E-state index in [4.69, 9.17) is 14.6 Å². The van der Waals surface area contributed by atoms with Crippen LogP contribution in [-0.2, 0) is 8.85 Å². The van der Waals surface area contributed by atoms with Crippen molar-refractivity contribution in [2.24, 2.45) is 5.73 Å². The Morgan fingerprint density at radius 2 is 1.86 bits per heavy atom. The van der Waals surface area contributed by atoms with Gasteiger partial charge in [-0.3, -0.25) is 0 Å². The molecule has 4 heteroatoms. The lowest BCUT2D eigenvalue weighted by Crippen LogP contribution is -2.26. The SMILES string of the molecule is CC=CC(N)CC[SiH](OCC)OCC. The predicted octanol–water partition coefficient (Wildman–Crippen LogP) is 1.57. The molecular weight excluding hydrogens is 194 g/mol. The van der Waals surface area contributed by atoms with E-state index in [1.165, 1.54) is 0 Å². The number of nitrogens with two attached hydrogens (primary N) is 1. The highest BCUT2D eigenvalue weighted by atomic mass is 28.3. The van der Waals surface area contributed by atoms with Crippen molar-refractivity contribution >= 4 is 9.28 Å². The van der Waals surface area contributed by atoms with Crippen LogP contribution < -0.4 is 5.73 Å². The molecule has 0 bridgehead atoms. The Balaban J connectivity index is 3.68. The topological polar surface area (TPSA) is 44.5 Å². The molecule has 0 fully saturated rings. The van der Waals surface area contributed by atoms with E-state index < -0.39 is 9.28 Å². The van der Waals surface area contributed by atoms with E-state index in [0.717, 1.165) is 25.7 Å². The Hall–Kier alpha value is -0.163. The number of hydrogen-bond acceptors (Lipinski definition) is 3. The van der Waals surface area contributed by atoms with Crippen LogP contribution in [0.5, 0.6) is 0 Å². The van der Waals surface area contributed by atoms with Gasteiger partial charge in [0.2, 0.25) is 0 Å². The number of allylic oxidation sites excluding steroid dienone is 1. The first-order chi connectivity index (χ1) is 6.74. The maximum absolute atomic E-state index is 5.85. The fourth-order valence-corrected chi connectivity index (χ4v) is 3.09. The zero-order chi connectivity index (χ0) is 10.8. The third-order valence-corrected chi connectivity index (χ3v) is 4.10. The molecule has 0 rings (SSSR count). The van der Waals surface area contributed by atoms with Crippen molar-refractivity contribution in [2.75, 3.05) is 13.2 Å². The fraction of sp³-hybridized carbons (Fsp3) is 0.800. The second-order valence-corrected chi connectivity index (χ2v) is 5.21. The van der Waals surface area contributed by atoms with Crippen LogP contribution >= 0.6 is 0 Å². The molecule has 0 amide bonds. The molecule has 2 N–H and O–H groups in total. The minimum Gasteiger partial charge on any atom is -0.397 e. The molecule has 1 unspecified atom stereocenters. The summed E-state index contributed by atoms with van der Waals surface area (Å²) < 4.78 is 11.1. The smallest absolute Gasteiger partial charge is 0.321 e. The lowest BCUT2D eigenvalue weighted by molar-refractivity contribution is 0.212. The molecule has 0 aromatic rings. The highest BCUT2D eigenvalue weighted by Crippen LogP contribution is 2.04. The molecule has 0 aromatic carbocycles. The van der Waals surface area contributed by atoms with E-state index in [9.17, 15) is 0 Å². The predicted molar refractivity (Wildman–Crippen MR) is 62.6 cm³/mol. The van der Waals surface area contributed by atoms with E-state index in [1.807, 2.05) is 32.9 Å². The molecule has 0 aliphatic heterocycles. The van der Waals surface area contributed by atoms with Gasteiger partial charge in [0.25, 0.3) is 0 Å².